The lowest BCUT2D eigenvalue weighted by molar-refractivity contribution is 0.0984. The molecule has 108 valence electrons. The van der Waals surface area contributed by atoms with Gasteiger partial charge in [-0.1, -0.05) is 35.4 Å². The van der Waals surface area contributed by atoms with Gasteiger partial charge in [0.25, 0.3) is 5.91 Å². The van der Waals surface area contributed by atoms with E-state index < -0.39 is 0 Å². The molecule has 3 rings (SSSR count). The summed E-state index contributed by atoms with van der Waals surface area (Å²) in [6.07, 6.45) is 2.10. The predicted molar refractivity (Wildman–Crippen MR) is 87.1 cm³/mol. The van der Waals surface area contributed by atoms with Crippen LogP contribution in [0.3, 0.4) is 0 Å². The molecule has 0 unspecified atom stereocenters. The molecule has 0 saturated heterocycles. The third-order valence-electron chi connectivity index (χ3n) is 4.13. The SMILES string of the molecule is Cc1cc(C)cc(C(=O)N2CCCc3cccc(C)c32)c1. The summed E-state index contributed by atoms with van der Waals surface area (Å²) >= 11 is 0. The summed E-state index contributed by atoms with van der Waals surface area (Å²) in [5.74, 6) is 0.122. The summed E-state index contributed by atoms with van der Waals surface area (Å²) < 4.78 is 0. The smallest absolute Gasteiger partial charge is 0.258 e. The Morgan fingerprint density at radius 3 is 2.48 bits per heavy atom. The van der Waals surface area contributed by atoms with Crippen LogP contribution >= 0.6 is 0 Å². The highest BCUT2D eigenvalue weighted by atomic mass is 16.2. The minimum atomic E-state index is 0.122. The largest absolute Gasteiger partial charge is 0.308 e. The number of benzene rings is 2. The molecule has 1 amide bonds. The fraction of sp³-hybridized carbons (Fsp3) is 0.316. The van der Waals surface area contributed by atoms with E-state index in [2.05, 4.69) is 31.2 Å². The molecule has 2 heteroatoms. The van der Waals surface area contributed by atoms with Gasteiger partial charge >= 0.3 is 0 Å². The van der Waals surface area contributed by atoms with Crippen molar-refractivity contribution in [1.29, 1.82) is 0 Å². The highest BCUT2D eigenvalue weighted by Crippen LogP contribution is 2.31. The number of fused-ring (bicyclic) bond motifs is 1. The maximum Gasteiger partial charge on any atom is 0.258 e. The summed E-state index contributed by atoms with van der Waals surface area (Å²) in [5, 5.41) is 0. The molecular weight excluding hydrogens is 258 g/mol. The van der Waals surface area contributed by atoms with Crippen molar-refractivity contribution < 1.29 is 4.79 Å². The Kier molecular flexibility index (Phi) is 3.54. The summed E-state index contributed by atoms with van der Waals surface area (Å²) in [4.78, 5) is 14.9. The van der Waals surface area contributed by atoms with Crippen LogP contribution in [0.25, 0.3) is 0 Å². The van der Waals surface area contributed by atoms with E-state index in [0.717, 1.165) is 41.8 Å². The number of hydrogen-bond acceptors (Lipinski definition) is 1. The van der Waals surface area contributed by atoms with Gasteiger partial charge in [0.05, 0.1) is 5.69 Å². The molecule has 0 saturated carbocycles. The lowest BCUT2D eigenvalue weighted by Crippen LogP contribution is -2.36. The quantitative estimate of drug-likeness (QED) is 0.766. The molecule has 2 aromatic rings. The molecule has 1 heterocycles. The van der Waals surface area contributed by atoms with E-state index in [4.69, 9.17) is 0 Å². The number of amides is 1. The molecule has 0 aliphatic carbocycles. The van der Waals surface area contributed by atoms with E-state index in [1.165, 1.54) is 11.1 Å². The van der Waals surface area contributed by atoms with E-state index in [9.17, 15) is 4.79 Å². The lowest BCUT2D eigenvalue weighted by atomic mass is 9.97. The molecule has 0 fully saturated rings. The van der Waals surface area contributed by atoms with Crippen LogP contribution in [0.2, 0.25) is 0 Å². The summed E-state index contributed by atoms with van der Waals surface area (Å²) in [7, 11) is 0. The summed E-state index contributed by atoms with van der Waals surface area (Å²) in [6, 6.07) is 12.4. The zero-order valence-corrected chi connectivity index (χ0v) is 12.9. The molecule has 0 spiro atoms. The maximum absolute atomic E-state index is 12.9. The van der Waals surface area contributed by atoms with Crippen molar-refractivity contribution in [3.8, 4) is 0 Å². The number of carbonyl (C=O) groups excluding carboxylic acids is 1. The van der Waals surface area contributed by atoms with Crippen molar-refractivity contribution in [3.05, 3.63) is 64.2 Å². The van der Waals surface area contributed by atoms with E-state index in [-0.39, 0.29) is 5.91 Å². The van der Waals surface area contributed by atoms with Gasteiger partial charge in [-0.05, 0) is 56.9 Å². The summed E-state index contributed by atoms with van der Waals surface area (Å²) in [5.41, 5.74) is 6.67. The zero-order chi connectivity index (χ0) is 15.0. The third kappa shape index (κ3) is 2.58. The second kappa shape index (κ2) is 5.36. The minimum absolute atomic E-state index is 0.122. The Hall–Kier alpha value is -2.09. The van der Waals surface area contributed by atoms with Crippen LogP contribution in [-0.4, -0.2) is 12.5 Å². The number of anilines is 1. The van der Waals surface area contributed by atoms with Gasteiger partial charge in [0.2, 0.25) is 0 Å². The Labute approximate surface area is 126 Å². The molecule has 0 aromatic heterocycles. The van der Waals surface area contributed by atoms with Crippen LogP contribution in [0.15, 0.2) is 36.4 Å². The fourth-order valence-electron chi connectivity index (χ4n) is 3.30. The number of carbonyl (C=O) groups is 1. The van der Waals surface area contributed by atoms with Gasteiger partial charge in [-0.15, -0.1) is 0 Å². The van der Waals surface area contributed by atoms with Gasteiger partial charge in [-0.2, -0.15) is 0 Å². The van der Waals surface area contributed by atoms with Crippen molar-refractivity contribution in [2.45, 2.75) is 33.6 Å². The van der Waals surface area contributed by atoms with Crippen LogP contribution in [0.5, 0.6) is 0 Å². The minimum Gasteiger partial charge on any atom is -0.308 e. The van der Waals surface area contributed by atoms with Gasteiger partial charge in [-0.25, -0.2) is 0 Å². The molecular formula is C19H21NO. The lowest BCUT2D eigenvalue weighted by Gasteiger charge is -2.31. The molecule has 1 aliphatic heterocycles. The van der Waals surface area contributed by atoms with Gasteiger partial charge < -0.3 is 4.90 Å². The van der Waals surface area contributed by atoms with Gasteiger partial charge in [0.15, 0.2) is 0 Å². The molecule has 21 heavy (non-hydrogen) atoms. The average molecular weight is 279 g/mol. The highest BCUT2D eigenvalue weighted by Gasteiger charge is 2.25. The fourth-order valence-corrected chi connectivity index (χ4v) is 3.30. The molecule has 2 aromatic carbocycles. The van der Waals surface area contributed by atoms with E-state index in [1.807, 2.05) is 30.9 Å². The number of para-hydroxylation sites is 1. The molecule has 0 N–H and O–H groups in total. The van der Waals surface area contributed by atoms with Crippen molar-refractivity contribution >= 4 is 11.6 Å². The number of rotatable bonds is 1. The van der Waals surface area contributed by atoms with Crippen molar-refractivity contribution in [1.82, 2.24) is 0 Å². The van der Waals surface area contributed by atoms with Crippen LogP contribution in [0.1, 0.15) is 39.0 Å². The van der Waals surface area contributed by atoms with Crippen molar-refractivity contribution in [2.24, 2.45) is 0 Å². The van der Waals surface area contributed by atoms with Crippen LogP contribution in [0.4, 0.5) is 5.69 Å². The summed E-state index contributed by atoms with van der Waals surface area (Å²) in [6.45, 7) is 6.98. The Morgan fingerprint density at radius 2 is 1.76 bits per heavy atom. The monoisotopic (exact) mass is 279 g/mol. The van der Waals surface area contributed by atoms with Crippen LogP contribution in [-0.2, 0) is 6.42 Å². The number of nitrogens with zero attached hydrogens (tertiary/aromatic N) is 1. The number of hydrogen-bond donors (Lipinski definition) is 0. The predicted octanol–water partition coefficient (Wildman–Crippen LogP) is 4.20. The number of aryl methyl sites for hydroxylation is 4. The second-order valence-corrected chi connectivity index (χ2v) is 6.02. The first-order valence-electron chi connectivity index (χ1n) is 7.55. The second-order valence-electron chi connectivity index (χ2n) is 6.02. The third-order valence-corrected chi connectivity index (χ3v) is 4.13. The molecule has 0 bridgehead atoms. The average Bonchev–Trinajstić information content (AvgIpc) is 2.45. The molecule has 0 atom stereocenters. The first-order valence-corrected chi connectivity index (χ1v) is 7.55. The standard InChI is InChI=1S/C19H21NO/c1-13-10-14(2)12-17(11-13)19(21)20-9-5-8-16-7-4-6-15(3)18(16)20/h4,6-7,10-12H,5,8-9H2,1-3H3. The van der Waals surface area contributed by atoms with Crippen molar-refractivity contribution in [2.75, 3.05) is 11.4 Å². The Bertz CT molecular complexity index is 682. The van der Waals surface area contributed by atoms with E-state index >= 15 is 0 Å². The Morgan fingerprint density at radius 1 is 1.05 bits per heavy atom. The van der Waals surface area contributed by atoms with Crippen molar-refractivity contribution in [3.63, 3.8) is 0 Å². The van der Waals surface area contributed by atoms with Crippen LogP contribution < -0.4 is 4.90 Å². The van der Waals surface area contributed by atoms with Gasteiger partial charge in [0.1, 0.15) is 0 Å². The Balaban J connectivity index is 2.04. The highest BCUT2D eigenvalue weighted by molar-refractivity contribution is 6.07. The van der Waals surface area contributed by atoms with Gasteiger partial charge in [0, 0.05) is 12.1 Å². The first-order chi connectivity index (χ1) is 10.1. The van der Waals surface area contributed by atoms with Gasteiger partial charge in [-0.3, -0.25) is 4.79 Å². The molecule has 1 aliphatic rings. The van der Waals surface area contributed by atoms with Crippen LogP contribution in [0, 0.1) is 20.8 Å². The molecule has 2 nitrogen and oxygen atoms in total. The molecule has 0 radical (unpaired) electrons. The normalized spacial score (nSPS) is 14.0. The van der Waals surface area contributed by atoms with E-state index in [0.29, 0.717) is 0 Å². The zero-order valence-electron chi connectivity index (χ0n) is 12.9. The topological polar surface area (TPSA) is 20.3 Å². The maximum atomic E-state index is 12.9. The van der Waals surface area contributed by atoms with E-state index in [1.54, 1.807) is 0 Å². The first kappa shape index (κ1) is 13.9.